The first kappa shape index (κ1) is 19.3. The molecule has 0 spiro atoms. The number of aromatic nitrogens is 3. The number of nitrogens with one attached hydrogen (secondary N) is 1. The van der Waals surface area contributed by atoms with Crippen molar-refractivity contribution in [1.82, 2.24) is 14.5 Å². The smallest absolute Gasteiger partial charge is 0.319 e. The van der Waals surface area contributed by atoms with Crippen LogP contribution in [0.5, 0.6) is 0 Å². The Morgan fingerprint density at radius 2 is 1.93 bits per heavy atom. The van der Waals surface area contributed by atoms with Crippen LogP contribution in [0.3, 0.4) is 0 Å². The predicted molar refractivity (Wildman–Crippen MR) is 116 cm³/mol. The lowest BCUT2D eigenvalue weighted by atomic mass is 10.2. The number of aryl methyl sites for hydroxylation is 1. The Morgan fingerprint density at radius 1 is 1.21 bits per heavy atom. The van der Waals surface area contributed by atoms with E-state index in [0.717, 1.165) is 22.2 Å². The van der Waals surface area contributed by atoms with E-state index >= 15 is 0 Å². The van der Waals surface area contributed by atoms with Gasteiger partial charge >= 0.3 is 5.97 Å². The molecule has 148 valence electrons. The van der Waals surface area contributed by atoms with Crippen molar-refractivity contribution in [3.63, 3.8) is 0 Å². The van der Waals surface area contributed by atoms with Crippen molar-refractivity contribution in [2.75, 3.05) is 6.61 Å². The number of esters is 1. The van der Waals surface area contributed by atoms with Gasteiger partial charge in [-0.15, -0.1) is 0 Å². The standard InChI is InChI=1S/C22H21N3O3S/c1-4-28-21(27)14(3)29-22-24-18-15-10-6-7-11-16(15)23-19(18)20(26)25(22)17-12-8-5-9-13(17)2/h5-12,14,23H,4H2,1-3H3/t14-/m0/s1. The van der Waals surface area contributed by atoms with Crippen molar-refractivity contribution in [3.8, 4) is 5.69 Å². The number of hydrogen-bond donors (Lipinski definition) is 1. The molecule has 6 nitrogen and oxygen atoms in total. The summed E-state index contributed by atoms with van der Waals surface area (Å²) < 4.78 is 6.71. The van der Waals surface area contributed by atoms with Gasteiger partial charge in [-0.3, -0.25) is 14.2 Å². The molecule has 2 heterocycles. The Bertz CT molecular complexity index is 1280. The number of H-pyrrole nitrogens is 1. The van der Waals surface area contributed by atoms with Gasteiger partial charge in [0.25, 0.3) is 5.56 Å². The van der Waals surface area contributed by atoms with Crippen LogP contribution in [0.4, 0.5) is 0 Å². The number of fused-ring (bicyclic) bond motifs is 3. The summed E-state index contributed by atoms with van der Waals surface area (Å²) in [5.74, 6) is -0.331. The number of para-hydroxylation sites is 2. The lowest BCUT2D eigenvalue weighted by Crippen LogP contribution is -2.25. The molecule has 29 heavy (non-hydrogen) atoms. The van der Waals surface area contributed by atoms with Gasteiger partial charge in [-0.05, 0) is 38.5 Å². The molecule has 1 N–H and O–H groups in total. The molecule has 0 bridgehead atoms. The number of carbonyl (C=O) groups excluding carboxylic acids is 1. The fourth-order valence-electron chi connectivity index (χ4n) is 3.31. The number of aromatic amines is 1. The Morgan fingerprint density at radius 3 is 2.69 bits per heavy atom. The molecule has 2 aromatic carbocycles. The summed E-state index contributed by atoms with van der Waals surface area (Å²) in [6.45, 7) is 5.79. The van der Waals surface area contributed by atoms with Crippen LogP contribution < -0.4 is 5.56 Å². The highest BCUT2D eigenvalue weighted by atomic mass is 32.2. The quantitative estimate of drug-likeness (QED) is 0.304. The van der Waals surface area contributed by atoms with E-state index in [1.54, 1.807) is 18.4 Å². The second-order valence-electron chi connectivity index (χ2n) is 6.73. The van der Waals surface area contributed by atoms with Gasteiger partial charge in [0.05, 0.1) is 12.3 Å². The molecule has 2 aromatic heterocycles. The lowest BCUT2D eigenvalue weighted by molar-refractivity contribution is -0.142. The number of nitrogens with zero attached hydrogens (tertiary/aromatic N) is 2. The molecule has 0 fully saturated rings. The zero-order chi connectivity index (χ0) is 20.5. The van der Waals surface area contributed by atoms with E-state index in [-0.39, 0.29) is 11.5 Å². The van der Waals surface area contributed by atoms with Crippen molar-refractivity contribution < 1.29 is 9.53 Å². The number of rotatable bonds is 5. The van der Waals surface area contributed by atoms with E-state index in [9.17, 15) is 9.59 Å². The summed E-state index contributed by atoms with van der Waals surface area (Å²) in [4.78, 5) is 33.7. The van der Waals surface area contributed by atoms with E-state index in [0.29, 0.717) is 22.8 Å². The molecule has 1 atom stereocenters. The van der Waals surface area contributed by atoms with E-state index in [1.807, 2.05) is 55.5 Å². The van der Waals surface area contributed by atoms with Crippen molar-refractivity contribution in [2.24, 2.45) is 0 Å². The molecular formula is C22H21N3O3S. The molecule has 4 rings (SSSR count). The molecule has 0 saturated carbocycles. The van der Waals surface area contributed by atoms with Crippen LogP contribution >= 0.6 is 11.8 Å². The molecular weight excluding hydrogens is 386 g/mol. The molecule has 0 saturated heterocycles. The molecule has 0 aliphatic heterocycles. The Kier molecular flexibility index (Phi) is 5.15. The highest BCUT2D eigenvalue weighted by Gasteiger charge is 2.23. The van der Waals surface area contributed by atoms with Crippen molar-refractivity contribution in [3.05, 3.63) is 64.4 Å². The normalized spacial score (nSPS) is 12.4. The Hall–Kier alpha value is -3.06. The monoisotopic (exact) mass is 407 g/mol. The van der Waals surface area contributed by atoms with Crippen LogP contribution in [-0.2, 0) is 9.53 Å². The molecule has 0 amide bonds. The zero-order valence-electron chi connectivity index (χ0n) is 16.4. The van der Waals surface area contributed by atoms with Crippen LogP contribution in [0.15, 0.2) is 58.5 Å². The van der Waals surface area contributed by atoms with Gasteiger partial charge in [0.2, 0.25) is 0 Å². The highest BCUT2D eigenvalue weighted by molar-refractivity contribution is 8.00. The largest absolute Gasteiger partial charge is 0.465 e. The summed E-state index contributed by atoms with van der Waals surface area (Å²) in [6.07, 6.45) is 0. The number of thioether (sulfide) groups is 1. The Balaban J connectivity index is 1.99. The molecule has 0 unspecified atom stereocenters. The van der Waals surface area contributed by atoms with Gasteiger partial charge in [0, 0.05) is 10.9 Å². The number of carbonyl (C=O) groups is 1. The summed E-state index contributed by atoms with van der Waals surface area (Å²) in [5.41, 5.74) is 3.39. The Labute approximate surface area is 171 Å². The fourth-order valence-corrected chi connectivity index (χ4v) is 4.23. The first-order chi connectivity index (χ1) is 14.0. The van der Waals surface area contributed by atoms with Crippen LogP contribution in [0, 0.1) is 6.92 Å². The maximum absolute atomic E-state index is 13.5. The fraction of sp³-hybridized carbons (Fsp3) is 0.227. The van der Waals surface area contributed by atoms with Gasteiger partial charge in [-0.25, -0.2) is 4.98 Å². The van der Waals surface area contributed by atoms with Crippen molar-refractivity contribution in [2.45, 2.75) is 31.2 Å². The number of hydrogen-bond acceptors (Lipinski definition) is 5. The van der Waals surface area contributed by atoms with Crippen molar-refractivity contribution in [1.29, 1.82) is 0 Å². The van der Waals surface area contributed by atoms with E-state index < -0.39 is 5.25 Å². The first-order valence-corrected chi connectivity index (χ1v) is 10.3. The third-order valence-corrected chi connectivity index (χ3v) is 5.78. The molecule has 0 aliphatic carbocycles. The first-order valence-electron chi connectivity index (χ1n) is 9.44. The average molecular weight is 407 g/mol. The number of benzene rings is 2. The van der Waals surface area contributed by atoms with E-state index in [1.165, 1.54) is 11.8 Å². The summed E-state index contributed by atoms with van der Waals surface area (Å²) in [6, 6.07) is 15.3. The van der Waals surface area contributed by atoms with Crippen LogP contribution in [0.2, 0.25) is 0 Å². The minimum Gasteiger partial charge on any atom is -0.465 e. The van der Waals surface area contributed by atoms with Crippen molar-refractivity contribution >= 4 is 39.7 Å². The van der Waals surface area contributed by atoms with E-state index in [4.69, 9.17) is 9.72 Å². The van der Waals surface area contributed by atoms with Gasteiger partial charge < -0.3 is 9.72 Å². The van der Waals surface area contributed by atoms with Gasteiger partial charge in [-0.2, -0.15) is 0 Å². The predicted octanol–water partition coefficient (Wildman–Crippen LogP) is 4.22. The molecule has 0 aliphatic rings. The highest BCUT2D eigenvalue weighted by Crippen LogP contribution is 2.29. The van der Waals surface area contributed by atoms with Crippen LogP contribution in [0.25, 0.3) is 27.6 Å². The minimum absolute atomic E-state index is 0.195. The molecule has 7 heteroatoms. The third kappa shape index (κ3) is 3.42. The van der Waals surface area contributed by atoms with Gasteiger partial charge in [-0.1, -0.05) is 48.2 Å². The SMILES string of the molecule is CCOC(=O)[C@H](C)Sc1nc2c([nH]c3ccccc32)c(=O)n1-c1ccccc1C. The summed E-state index contributed by atoms with van der Waals surface area (Å²) in [7, 11) is 0. The van der Waals surface area contributed by atoms with E-state index in [2.05, 4.69) is 4.98 Å². The van der Waals surface area contributed by atoms with Crippen LogP contribution in [-0.4, -0.2) is 32.4 Å². The second kappa shape index (κ2) is 7.75. The summed E-state index contributed by atoms with van der Waals surface area (Å²) in [5, 5.41) is 0.837. The minimum atomic E-state index is -0.500. The van der Waals surface area contributed by atoms with Gasteiger partial charge in [0.15, 0.2) is 5.16 Å². The van der Waals surface area contributed by atoms with Gasteiger partial charge in [0.1, 0.15) is 16.3 Å². The topological polar surface area (TPSA) is 77.0 Å². The summed E-state index contributed by atoms with van der Waals surface area (Å²) >= 11 is 1.23. The maximum atomic E-state index is 13.5. The third-order valence-electron chi connectivity index (χ3n) is 4.75. The average Bonchev–Trinajstić information content (AvgIpc) is 3.08. The zero-order valence-corrected chi connectivity index (χ0v) is 17.2. The lowest BCUT2D eigenvalue weighted by Gasteiger charge is -2.16. The number of ether oxygens (including phenoxy) is 1. The molecule has 4 aromatic rings. The molecule has 0 radical (unpaired) electrons. The second-order valence-corrected chi connectivity index (χ2v) is 8.04. The maximum Gasteiger partial charge on any atom is 0.319 e. The van der Waals surface area contributed by atoms with Crippen LogP contribution in [0.1, 0.15) is 19.4 Å².